The van der Waals surface area contributed by atoms with Crippen LogP contribution in [0.1, 0.15) is 23.0 Å². The Labute approximate surface area is 204 Å². The highest BCUT2D eigenvalue weighted by Gasteiger charge is 2.37. The van der Waals surface area contributed by atoms with Crippen LogP contribution in [0, 0.1) is 17.5 Å². The van der Waals surface area contributed by atoms with Gasteiger partial charge in [0, 0.05) is 23.4 Å². The van der Waals surface area contributed by atoms with Crippen molar-refractivity contribution in [3.8, 4) is 0 Å². The summed E-state index contributed by atoms with van der Waals surface area (Å²) in [7, 11) is 0. The number of anilines is 2. The number of carbonyl (C=O) groups excluding carboxylic acids is 2. The average Bonchev–Trinajstić information content (AvgIpc) is 3.44. The molecule has 2 atom stereocenters. The van der Waals surface area contributed by atoms with Crippen molar-refractivity contribution in [1.82, 2.24) is 19.6 Å². The highest BCUT2D eigenvalue weighted by Crippen LogP contribution is 2.31. The fraction of sp³-hybridized carbons (Fsp3) is 0.292. The number of aromatic nitrogens is 2. The quantitative estimate of drug-likeness (QED) is 0.540. The number of hydrogen-bond donors (Lipinski definition) is 2. The molecule has 0 spiro atoms. The van der Waals surface area contributed by atoms with E-state index in [-0.39, 0.29) is 37.4 Å². The van der Waals surface area contributed by atoms with Crippen LogP contribution in [0.3, 0.4) is 0 Å². The molecule has 1 unspecified atom stereocenters. The molecule has 12 heteroatoms. The van der Waals surface area contributed by atoms with Gasteiger partial charge in [0.25, 0.3) is 5.91 Å². The summed E-state index contributed by atoms with van der Waals surface area (Å²) < 4.78 is 42.1. The van der Waals surface area contributed by atoms with Gasteiger partial charge in [0.1, 0.15) is 6.23 Å². The minimum atomic E-state index is -1.61. The second kappa shape index (κ2) is 9.19. The molecule has 2 aromatic carbocycles. The van der Waals surface area contributed by atoms with Gasteiger partial charge >= 0.3 is 6.03 Å². The maximum atomic E-state index is 13.6. The van der Waals surface area contributed by atoms with Gasteiger partial charge in [-0.2, -0.15) is 5.10 Å². The Morgan fingerprint density at radius 2 is 1.78 bits per heavy atom. The van der Waals surface area contributed by atoms with Crippen LogP contribution in [-0.2, 0) is 13.1 Å². The second-order valence-electron chi connectivity index (χ2n) is 8.80. The maximum Gasteiger partial charge on any atom is 0.322 e. The van der Waals surface area contributed by atoms with Crippen molar-refractivity contribution in [3.63, 3.8) is 0 Å². The molecule has 0 bridgehead atoms. The molecule has 3 aromatic rings. The van der Waals surface area contributed by atoms with Gasteiger partial charge in [0.05, 0.1) is 49.9 Å². The van der Waals surface area contributed by atoms with Gasteiger partial charge in [-0.25, -0.2) is 18.0 Å². The van der Waals surface area contributed by atoms with Crippen LogP contribution in [0.15, 0.2) is 48.7 Å². The summed E-state index contributed by atoms with van der Waals surface area (Å²) in [4.78, 5) is 30.4. The molecular formula is C24H23F3N6O3. The first-order valence-electron chi connectivity index (χ1n) is 11.3. The largest absolute Gasteiger partial charge is 0.372 e. The molecule has 1 fully saturated rings. The van der Waals surface area contributed by atoms with Crippen LogP contribution in [-0.4, -0.2) is 62.1 Å². The van der Waals surface area contributed by atoms with Crippen molar-refractivity contribution in [3.05, 3.63) is 77.4 Å². The number of rotatable bonds is 3. The molecule has 1 saturated heterocycles. The molecule has 3 amide bonds. The lowest BCUT2D eigenvalue weighted by atomic mass is 10.2. The maximum absolute atomic E-state index is 13.6. The molecule has 2 aliphatic heterocycles. The van der Waals surface area contributed by atoms with Gasteiger partial charge in [-0.3, -0.25) is 9.48 Å². The number of nitrogens with zero attached hydrogens (tertiary/aromatic N) is 5. The van der Waals surface area contributed by atoms with E-state index in [9.17, 15) is 27.9 Å². The molecule has 0 saturated carbocycles. The fourth-order valence-electron chi connectivity index (χ4n) is 4.50. The van der Waals surface area contributed by atoms with Gasteiger partial charge < -0.3 is 25.1 Å². The van der Waals surface area contributed by atoms with Crippen LogP contribution >= 0.6 is 0 Å². The van der Waals surface area contributed by atoms with Gasteiger partial charge in [0.2, 0.25) is 0 Å². The number of urea groups is 1. The predicted octanol–water partition coefficient (Wildman–Crippen LogP) is 2.97. The summed E-state index contributed by atoms with van der Waals surface area (Å²) in [5.41, 5.74) is 1.49. The lowest BCUT2D eigenvalue weighted by Crippen LogP contribution is -2.47. The molecule has 1 aromatic heterocycles. The first-order valence-corrected chi connectivity index (χ1v) is 11.3. The third-order valence-corrected chi connectivity index (χ3v) is 6.40. The molecule has 2 aliphatic rings. The summed E-state index contributed by atoms with van der Waals surface area (Å²) in [6, 6.07) is 9.22. The first-order chi connectivity index (χ1) is 17.2. The second-order valence-corrected chi connectivity index (χ2v) is 8.80. The third kappa shape index (κ3) is 4.24. The van der Waals surface area contributed by atoms with E-state index >= 15 is 0 Å². The molecule has 5 rings (SSSR count). The van der Waals surface area contributed by atoms with Gasteiger partial charge in [-0.05, 0) is 19.1 Å². The Morgan fingerprint density at radius 1 is 1.08 bits per heavy atom. The Bertz CT molecular complexity index is 1290. The Kier molecular flexibility index (Phi) is 6.04. The summed E-state index contributed by atoms with van der Waals surface area (Å²) in [5.74, 6) is -4.65. The zero-order valence-corrected chi connectivity index (χ0v) is 19.2. The number of aliphatic hydroxyl groups is 1. The smallest absolute Gasteiger partial charge is 0.322 e. The zero-order chi connectivity index (χ0) is 25.6. The van der Waals surface area contributed by atoms with Crippen LogP contribution in [0.2, 0.25) is 0 Å². The average molecular weight is 500 g/mol. The van der Waals surface area contributed by atoms with Crippen LogP contribution < -0.4 is 10.2 Å². The lowest BCUT2D eigenvalue weighted by Gasteiger charge is -2.35. The molecule has 0 radical (unpaired) electrons. The number of nitrogens with one attached hydrogen (secondary N) is 1. The van der Waals surface area contributed by atoms with Crippen molar-refractivity contribution in [2.75, 3.05) is 23.4 Å². The topological polar surface area (TPSA) is 93.9 Å². The van der Waals surface area contributed by atoms with Gasteiger partial charge in [-0.15, -0.1) is 0 Å². The van der Waals surface area contributed by atoms with Crippen molar-refractivity contribution in [2.24, 2.45) is 0 Å². The summed E-state index contributed by atoms with van der Waals surface area (Å²) in [6.07, 6.45) is 0.604. The molecule has 0 aliphatic carbocycles. The molecule has 3 heterocycles. The van der Waals surface area contributed by atoms with E-state index < -0.39 is 29.7 Å². The molecule has 2 N–H and O–H groups in total. The minimum absolute atomic E-state index is 0.0876. The Hall–Kier alpha value is -4.06. The number of benzene rings is 2. The van der Waals surface area contributed by atoms with E-state index in [1.165, 1.54) is 9.80 Å². The van der Waals surface area contributed by atoms with Gasteiger partial charge in [0.15, 0.2) is 17.5 Å². The number of aliphatic hydroxyl groups excluding tert-OH is 1. The number of β-amino-alcohol motifs (C(OH)–C–C–N with tert-alkyl or cyclic N) is 1. The predicted molar refractivity (Wildman–Crippen MR) is 123 cm³/mol. The van der Waals surface area contributed by atoms with Crippen LogP contribution in [0.25, 0.3) is 0 Å². The highest BCUT2D eigenvalue weighted by molar-refractivity contribution is 5.94. The van der Waals surface area contributed by atoms with Gasteiger partial charge in [-0.1, -0.05) is 18.2 Å². The standard InChI is InChI=1S/C24H23F3N6O3/c1-14-10-33-20(11-31(14)24(36)29-16-7-17(25)22(27)18(26)8-16)19(9-28-33)32-13-30(12-21(32)34)23(35)15-5-3-2-4-6-15/h2-9,14,21,34H,10-13H2,1H3,(H,29,36)/t14-,21?/m0/s1. The van der Waals surface area contributed by atoms with Crippen molar-refractivity contribution < 1.29 is 27.9 Å². The monoisotopic (exact) mass is 500 g/mol. The SMILES string of the molecule is C[C@H]1Cn2ncc(N3CN(C(=O)c4ccccc4)CC3O)c2CN1C(=O)Nc1cc(F)c(F)c(F)c1. The number of carbonyl (C=O) groups is 2. The van der Waals surface area contributed by atoms with E-state index in [0.717, 1.165) is 0 Å². The molecule has 188 valence electrons. The lowest BCUT2D eigenvalue weighted by molar-refractivity contribution is 0.0765. The van der Waals surface area contributed by atoms with Crippen molar-refractivity contribution >= 4 is 23.3 Å². The first kappa shape index (κ1) is 23.7. The van der Waals surface area contributed by atoms with E-state index in [1.807, 2.05) is 6.07 Å². The third-order valence-electron chi connectivity index (χ3n) is 6.40. The minimum Gasteiger partial charge on any atom is -0.372 e. The van der Waals surface area contributed by atoms with Crippen LogP contribution in [0.4, 0.5) is 29.3 Å². The number of halogens is 3. The van der Waals surface area contributed by atoms with Crippen molar-refractivity contribution in [2.45, 2.75) is 32.3 Å². The van der Waals surface area contributed by atoms with E-state index in [0.29, 0.717) is 35.6 Å². The molecule has 9 nitrogen and oxygen atoms in total. The number of fused-ring (bicyclic) bond motifs is 1. The van der Waals surface area contributed by atoms with E-state index in [4.69, 9.17) is 0 Å². The Balaban J connectivity index is 1.34. The Morgan fingerprint density at radius 3 is 2.47 bits per heavy atom. The normalized spacial score (nSPS) is 19.4. The molecule has 36 heavy (non-hydrogen) atoms. The zero-order valence-electron chi connectivity index (χ0n) is 19.2. The number of amides is 3. The fourth-order valence-corrected chi connectivity index (χ4v) is 4.50. The van der Waals surface area contributed by atoms with Crippen LogP contribution in [0.5, 0.6) is 0 Å². The van der Waals surface area contributed by atoms with Crippen molar-refractivity contribution in [1.29, 1.82) is 0 Å². The summed E-state index contributed by atoms with van der Waals surface area (Å²) in [6.45, 7) is 2.45. The molecular weight excluding hydrogens is 477 g/mol. The summed E-state index contributed by atoms with van der Waals surface area (Å²) >= 11 is 0. The van der Waals surface area contributed by atoms with E-state index in [2.05, 4.69) is 10.4 Å². The summed E-state index contributed by atoms with van der Waals surface area (Å²) in [5, 5.41) is 17.5. The van der Waals surface area contributed by atoms with E-state index in [1.54, 1.807) is 47.0 Å². The highest BCUT2D eigenvalue weighted by atomic mass is 19.2. The number of hydrogen-bond acceptors (Lipinski definition) is 5.